The van der Waals surface area contributed by atoms with Crippen molar-refractivity contribution in [3.05, 3.63) is 35.9 Å². The Morgan fingerprint density at radius 3 is 1.70 bits per heavy atom. The number of carboxylic acids is 1. The van der Waals surface area contributed by atoms with Crippen LogP contribution in [0.25, 0.3) is 0 Å². The maximum absolute atomic E-state index is 13.9. The normalized spacial score (nSPS) is 14.6. The molecule has 0 saturated carbocycles. The first-order chi connectivity index (χ1) is 26.7. The molecule has 0 fully saturated rings. The fourth-order valence-electron chi connectivity index (χ4n) is 5.55. The third kappa shape index (κ3) is 19.6. The van der Waals surface area contributed by atoms with Crippen molar-refractivity contribution in [3.8, 4) is 0 Å². The number of aliphatic imine (C=N–C) groups is 1. The average molecular weight is 804 g/mol. The van der Waals surface area contributed by atoms with E-state index in [1.54, 1.807) is 44.2 Å². The number of nitrogens with one attached hydrogen (secondary N) is 5. The Kier molecular flexibility index (Phi) is 21.9. The summed E-state index contributed by atoms with van der Waals surface area (Å²) in [6.07, 6.45) is -0.100. The molecule has 1 rings (SSSR count). The zero-order valence-electron chi connectivity index (χ0n) is 33.1. The highest BCUT2D eigenvalue weighted by molar-refractivity contribution is 5.96. The maximum atomic E-state index is 13.9. The summed E-state index contributed by atoms with van der Waals surface area (Å²) in [7, 11) is 0. The number of guanidine groups is 1. The lowest BCUT2D eigenvalue weighted by Crippen LogP contribution is -2.60. The molecule has 0 saturated heterocycles. The second kappa shape index (κ2) is 25.4. The van der Waals surface area contributed by atoms with E-state index >= 15 is 0 Å². The fourth-order valence-corrected chi connectivity index (χ4v) is 5.55. The summed E-state index contributed by atoms with van der Waals surface area (Å²) >= 11 is 0. The quantitative estimate of drug-likeness (QED) is 0.0255. The molecule has 0 aliphatic rings. The average Bonchev–Trinajstić information content (AvgIpc) is 3.14. The fraction of sp³-hybridized carbons (Fsp3) is 0.595. The molecule has 20 nitrogen and oxygen atoms in total. The summed E-state index contributed by atoms with van der Waals surface area (Å²) in [4.78, 5) is 107. The zero-order valence-corrected chi connectivity index (χ0v) is 33.1. The van der Waals surface area contributed by atoms with Crippen molar-refractivity contribution < 1.29 is 43.5 Å². The highest BCUT2D eigenvalue weighted by atomic mass is 16.4. The second-order valence-corrected chi connectivity index (χ2v) is 14.3. The maximum Gasteiger partial charge on any atom is 0.326 e. The van der Waals surface area contributed by atoms with Gasteiger partial charge >= 0.3 is 5.97 Å². The van der Waals surface area contributed by atoms with E-state index in [0.29, 0.717) is 12.0 Å². The summed E-state index contributed by atoms with van der Waals surface area (Å²) in [5.74, 6) is -7.48. The zero-order chi connectivity index (χ0) is 43.2. The second-order valence-electron chi connectivity index (χ2n) is 14.3. The number of amides is 7. The number of hydrogen-bond donors (Lipinski definition) is 11. The Morgan fingerprint density at radius 2 is 1.18 bits per heavy atom. The lowest BCUT2D eigenvalue weighted by molar-refractivity contribution is -0.142. The van der Waals surface area contributed by atoms with E-state index in [1.807, 2.05) is 13.8 Å². The smallest absolute Gasteiger partial charge is 0.326 e. The van der Waals surface area contributed by atoms with E-state index in [1.165, 1.54) is 0 Å². The number of benzene rings is 1. The van der Waals surface area contributed by atoms with E-state index in [-0.39, 0.29) is 69.8 Å². The first-order valence-electron chi connectivity index (χ1n) is 18.9. The van der Waals surface area contributed by atoms with Crippen LogP contribution in [0, 0.1) is 11.8 Å². The summed E-state index contributed by atoms with van der Waals surface area (Å²) < 4.78 is 0. The Labute approximate surface area is 332 Å². The molecule has 0 aliphatic carbocycles. The molecule has 7 amide bonds. The number of rotatable bonds is 27. The van der Waals surface area contributed by atoms with Crippen molar-refractivity contribution in [2.45, 2.75) is 122 Å². The van der Waals surface area contributed by atoms with Crippen LogP contribution >= 0.6 is 0 Å². The van der Waals surface area contributed by atoms with Crippen LogP contribution in [0.4, 0.5) is 0 Å². The number of primary amides is 2. The van der Waals surface area contributed by atoms with Crippen LogP contribution in [0.1, 0.15) is 84.6 Å². The molecule has 0 bridgehead atoms. The van der Waals surface area contributed by atoms with Gasteiger partial charge in [0.15, 0.2) is 5.96 Å². The molecule has 1 aromatic carbocycles. The number of aliphatic carboxylic acids is 1. The Bertz CT molecular complexity index is 1550. The first kappa shape index (κ1) is 49.2. The highest BCUT2D eigenvalue weighted by Gasteiger charge is 2.35. The standard InChI is InChI=1S/C37H61N11O9/c1-5-21(4)30(35(55)45-25(14-16-29(40)50)33(53)47-27(36(56)57)19-22-10-7-6-8-11-22)48-34(54)26(18-20(2)3)46-32(52)24(12-9-17-43-37(41)42)44-31(51)23(38)13-15-28(39)49/h6-8,10-11,20-21,23-27,30H,5,9,12-19,38H2,1-4H3,(H2,39,49)(H2,40,50)(H,44,51)(H,45,55)(H,46,52)(H,47,53)(H,48,54)(H,56,57)(H4,41,42,43)/t21-,23-,24-,25-,26-,27-,30-/m0/s1. The van der Waals surface area contributed by atoms with Crippen LogP contribution in [0.15, 0.2) is 35.3 Å². The van der Waals surface area contributed by atoms with Gasteiger partial charge in [-0.05, 0) is 49.5 Å². The van der Waals surface area contributed by atoms with Gasteiger partial charge < -0.3 is 60.4 Å². The van der Waals surface area contributed by atoms with Crippen molar-refractivity contribution in [2.75, 3.05) is 6.54 Å². The van der Waals surface area contributed by atoms with Gasteiger partial charge in [0.1, 0.15) is 30.2 Å². The van der Waals surface area contributed by atoms with E-state index in [2.05, 4.69) is 31.6 Å². The molecule has 0 radical (unpaired) electrons. The number of carboxylic acid groups (broad SMARTS) is 1. The number of carbonyl (C=O) groups is 8. The largest absolute Gasteiger partial charge is 0.480 e. The van der Waals surface area contributed by atoms with Crippen molar-refractivity contribution in [2.24, 2.45) is 45.5 Å². The third-order valence-corrected chi connectivity index (χ3v) is 8.96. The van der Waals surface area contributed by atoms with Crippen LogP contribution < -0.4 is 55.3 Å². The minimum absolute atomic E-state index is 0.0354. The molecule has 0 aliphatic heterocycles. The van der Waals surface area contributed by atoms with Gasteiger partial charge in [0.05, 0.1) is 6.04 Å². The van der Waals surface area contributed by atoms with Crippen molar-refractivity contribution >= 4 is 53.3 Å². The predicted octanol–water partition coefficient (Wildman–Crippen LogP) is -2.26. The molecule has 16 N–H and O–H groups in total. The lowest BCUT2D eigenvalue weighted by atomic mass is 9.96. The van der Waals surface area contributed by atoms with Gasteiger partial charge in [0.25, 0.3) is 0 Å². The molecule has 0 spiro atoms. The van der Waals surface area contributed by atoms with Crippen molar-refractivity contribution in [3.63, 3.8) is 0 Å². The molecule has 318 valence electrons. The summed E-state index contributed by atoms with van der Waals surface area (Å²) in [6.45, 7) is 7.19. The summed E-state index contributed by atoms with van der Waals surface area (Å²) in [6, 6.07) is 0.960. The number of nitrogens with two attached hydrogens (primary N) is 5. The minimum Gasteiger partial charge on any atom is -0.480 e. The Hall–Kier alpha value is -5.79. The van der Waals surface area contributed by atoms with Gasteiger partial charge in [-0.1, -0.05) is 64.4 Å². The summed E-state index contributed by atoms with van der Waals surface area (Å²) in [5, 5.41) is 22.7. The highest BCUT2D eigenvalue weighted by Crippen LogP contribution is 2.13. The van der Waals surface area contributed by atoms with Crippen molar-refractivity contribution in [1.29, 1.82) is 0 Å². The van der Waals surface area contributed by atoms with Gasteiger partial charge in [-0.3, -0.25) is 38.6 Å². The van der Waals surface area contributed by atoms with Gasteiger partial charge in [-0.2, -0.15) is 0 Å². The van der Waals surface area contributed by atoms with Crippen LogP contribution in [-0.2, 0) is 44.8 Å². The van der Waals surface area contributed by atoms with E-state index < -0.39 is 89.5 Å². The molecule has 57 heavy (non-hydrogen) atoms. The van der Waals surface area contributed by atoms with Gasteiger partial charge in [0, 0.05) is 25.8 Å². The first-order valence-corrected chi connectivity index (χ1v) is 18.9. The molecule has 0 heterocycles. The van der Waals surface area contributed by atoms with E-state index in [9.17, 15) is 43.5 Å². The van der Waals surface area contributed by atoms with Gasteiger partial charge in [-0.25, -0.2) is 4.79 Å². The molecule has 1 aromatic rings. The third-order valence-electron chi connectivity index (χ3n) is 8.96. The molecule has 7 atom stereocenters. The van der Waals surface area contributed by atoms with Crippen LogP contribution in [0.3, 0.4) is 0 Å². The number of carbonyl (C=O) groups excluding carboxylic acids is 7. The van der Waals surface area contributed by atoms with Crippen molar-refractivity contribution in [1.82, 2.24) is 26.6 Å². The Morgan fingerprint density at radius 1 is 0.667 bits per heavy atom. The molecule has 20 heteroatoms. The predicted molar refractivity (Wildman–Crippen MR) is 211 cm³/mol. The van der Waals surface area contributed by atoms with Crippen LogP contribution in [-0.4, -0.2) is 101 Å². The molecular formula is C37H61N11O9. The topological polar surface area (TPSA) is 359 Å². The lowest BCUT2D eigenvalue weighted by Gasteiger charge is -2.30. The van der Waals surface area contributed by atoms with Gasteiger partial charge in [0.2, 0.25) is 41.4 Å². The summed E-state index contributed by atoms with van der Waals surface area (Å²) in [5.41, 5.74) is 27.9. The van der Waals surface area contributed by atoms with Gasteiger partial charge in [-0.15, -0.1) is 0 Å². The number of nitrogens with zero attached hydrogens (tertiary/aromatic N) is 1. The molecule has 0 aromatic heterocycles. The monoisotopic (exact) mass is 803 g/mol. The SMILES string of the molecule is CC[C@H](C)[C@H](NC(=O)[C@H](CC(C)C)NC(=O)[C@H](CCCN=C(N)N)NC(=O)[C@@H](N)CCC(N)=O)C(=O)N[C@@H](CCC(N)=O)C(=O)N[C@@H](Cc1ccccc1)C(=O)O. The van der Waals surface area contributed by atoms with E-state index in [0.717, 1.165) is 0 Å². The Balaban J connectivity index is 3.32. The minimum atomic E-state index is -1.41. The molecular weight excluding hydrogens is 742 g/mol. The van der Waals surface area contributed by atoms with Crippen LogP contribution in [0.5, 0.6) is 0 Å². The van der Waals surface area contributed by atoms with Crippen LogP contribution in [0.2, 0.25) is 0 Å². The molecule has 0 unspecified atom stereocenters. The van der Waals surface area contributed by atoms with E-state index in [4.69, 9.17) is 28.7 Å². The number of hydrogen-bond acceptors (Lipinski definition) is 10.